The molecular formula is C14H17N3. The Kier molecular flexibility index (Phi) is 3.38. The second-order valence-electron chi connectivity index (χ2n) is 4.14. The van der Waals surface area contributed by atoms with Crippen molar-refractivity contribution < 1.29 is 0 Å². The quantitative estimate of drug-likeness (QED) is 0.875. The van der Waals surface area contributed by atoms with Gasteiger partial charge in [-0.05, 0) is 32.4 Å². The third kappa shape index (κ3) is 2.61. The van der Waals surface area contributed by atoms with Gasteiger partial charge in [0.15, 0.2) is 0 Å². The van der Waals surface area contributed by atoms with Crippen LogP contribution in [0.1, 0.15) is 18.1 Å². The molecule has 88 valence electrons. The number of anilines is 1. The summed E-state index contributed by atoms with van der Waals surface area (Å²) in [6.45, 7) is 7.11. The molecule has 2 aromatic rings. The molecule has 0 saturated carbocycles. The van der Waals surface area contributed by atoms with Gasteiger partial charge in [0.05, 0.1) is 5.69 Å². The molecule has 0 aliphatic carbocycles. The van der Waals surface area contributed by atoms with E-state index in [0.717, 1.165) is 18.1 Å². The van der Waals surface area contributed by atoms with Crippen LogP contribution < -0.4 is 5.32 Å². The monoisotopic (exact) mass is 227 g/mol. The number of aromatic nitrogens is 2. The molecule has 0 aliphatic heterocycles. The largest absolute Gasteiger partial charge is 0.370 e. The Balaban J connectivity index is 2.45. The average molecular weight is 227 g/mol. The second kappa shape index (κ2) is 4.95. The summed E-state index contributed by atoms with van der Waals surface area (Å²) in [4.78, 5) is 8.53. The van der Waals surface area contributed by atoms with E-state index < -0.39 is 0 Å². The Labute approximate surface area is 102 Å². The molecule has 0 spiro atoms. The van der Waals surface area contributed by atoms with Gasteiger partial charge >= 0.3 is 0 Å². The Morgan fingerprint density at radius 2 is 1.94 bits per heavy atom. The van der Waals surface area contributed by atoms with Crippen LogP contribution in [0.25, 0.3) is 11.3 Å². The van der Waals surface area contributed by atoms with E-state index >= 15 is 0 Å². The maximum atomic E-state index is 4.34. The highest BCUT2D eigenvalue weighted by molar-refractivity contribution is 5.66. The average Bonchev–Trinajstić information content (AvgIpc) is 2.33. The van der Waals surface area contributed by atoms with Crippen LogP contribution in [-0.4, -0.2) is 16.5 Å². The smallest absolute Gasteiger partial charge is 0.129 e. The van der Waals surface area contributed by atoms with E-state index in [1.165, 1.54) is 16.7 Å². The molecule has 17 heavy (non-hydrogen) atoms. The van der Waals surface area contributed by atoms with Crippen LogP contribution in [-0.2, 0) is 0 Å². The van der Waals surface area contributed by atoms with Crippen LogP contribution in [0.5, 0.6) is 0 Å². The van der Waals surface area contributed by atoms with Gasteiger partial charge in [0.25, 0.3) is 0 Å². The number of nitrogens with one attached hydrogen (secondary N) is 1. The van der Waals surface area contributed by atoms with Gasteiger partial charge in [-0.3, -0.25) is 0 Å². The highest BCUT2D eigenvalue weighted by atomic mass is 15.0. The summed E-state index contributed by atoms with van der Waals surface area (Å²) in [5.41, 5.74) is 4.62. The van der Waals surface area contributed by atoms with Gasteiger partial charge in [-0.15, -0.1) is 0 Å². The molecule has 3 nitrogen and oxygen atoms in total. The van der Waals surface area contributed by atoms with Crippen molar-refractivity contribution in [1.29, 1.82) is 0 Å². The van der Waals surface area contributed by atoms with Crippen molar-refractivity contribution >= 4 is 5.82 Å². The highest BCUT2D eigenvalue weighted by Crippen LogP contribution is 2.23. The normalized spacial score (nSPS) is 10.3. The first kappa shape index (κ1) is 11.6. The van der Waals surface area contributed by atoms with Gasteiger partial charge in [-0.1, -0.05) is 17.7 Å². The Morgan fingerprint density at radius 1 is 1.12 bits per heavy atom. The van der Waals surface area contributed by atoms with Crippen molar-refractivity contribution in [3.8, 4) is 11.3 Å². The number of nitrogens with zero attached hydrogens (tertiary/aromatic N) is 2. The molecule has 0 aliphatic rings. The molecule has 1 N–H and O–H groups in total. The number of rotatable bonds is 3. The van der Waals surface area contributed by atoms with Gasteiger partial charge in [0.2, 0.25) is 0 Å². The molecule has 0 unspecified atom stereocenters. The predicted octanol–water partition coefficient (Wildman–Crippen LogP) is 3.19. The Bertz CT molecular complexity index is 521. The van der Waals surface area contributed by atoms with Crippen LogP contribution in [0.15, 0.2) is 30.6 Å². The van der Waals surface area contributed by atoms with Crippen molar-refractivity contribution in [2.45, 2.75) is 20.8 Å². The fraction of sp³-hybridized carbons (Fsp3) is 0.286. The van der Waals surface area contributed by atoms with Crippen LogP contribution >= 0.6 is 0 Å². The molecule has 0 atom stereocenters. The maximum absolute atomic E-state index is 4.34. The van der Waals surface area contributed by atoms with Crippen molar-refractivity contribution in [1.82, 2.24) is 9.97 Å². The van der Waals surface area contributed by atoms with E-state index in [9.17, 15) is 0 Å². The lowest BCUT2D eigenvalue weighted by Gasteiger charge is -2.08. The van der Waals surface area contributed by atoms with Gasteiger partial charge in [0, 0.05) is 18.2 Å². The topological polar surface area (TPSA) is 37.8 Å². The molecule has 0 bridgehead atoms. The van der Waals surface area contributed by atoms with E-state index in [4.69, 9.17) is 0 Å². The molecule has 3 heteroatoms. The number of aryl methyl sites for hydroxylation is 2. The predicted molar refractivity (Wildman–Crippen MR) is 71.1 cm³/mol. The molecule has 1 heterocycles. The van der Waals surface area contributed by atoms with Crippen LogP contribution in [0, 0.1) is 13.8 Å². The SMILES string of the molecule is CCNc1cc(-c2cc(C)ccc2C)ncn1. The molecule has 0 amide bonds. The molecule has 0 saturated heterocycles. The first-order valence-electron chi connectivity index (χ1n) is 5.84. The molecule has 1 aromatic carbocycles. The zero-order valence-electron chi connectivity index (χ0n) is 10.5. The molecular weight excluding hydrogens is 210 g/mol. The summed E-state index contributed by atoms with van der Waals surface area (Å²) < 4.78 is 0. The summed E-state index contributed by atoms with van der Waals surface area (Å²) >= 11 is 0. The highest BCUT2D eigenvalue weighted by Gasteiger charge is 2.05. The summed E-state index contributed by atoms with van der Waals surface area (Å²) in [6, 6.07) is 8.39. The van der Waals surface area contributed by atoms with Gasteiger partial charge in [-0.2, -0.15) is 0 Å². The van der Waals surface area contributed by atoms with E-state index in [2.05, 4.69) is 54.3 Å². The number of benzene rings is 1. The van der Waals surface area contributed by atoms with E-state index in [1.807, 2.05) is 6.07 Å². The van der Waals surface area contributed by atoms with Gasteiger partial charge in [-0.25, -0.2) is 9.97 Å². The minimum atomic E-state index is 0.864. The fourth-order valence-electron chi connectivity index (χ4n) is 1.79. The Morgan fingerprint density at radius 3 is 2.71 bits per heavy atom. The summed E-state index contributed by atoms with van der Waals surface area (Å²) in [5.74, 6) is 0.874. The van der Waals surface area contributed by atoms with Gasteiger partial charge in [0.1, 0.15) is 12.1 Å². The van der Waals surface area contributed by atoms with Crippen molar-refractivity contribution in [3.63, 3.8) is 0 Å². The summed E-state index contributed by atoms with van der Waals surface area (Å²) in [5, 5.41) is 3.20. The van der Waals surface area contributed by atoms with Crippen molar-refractivity contribution in [2.75, 3.05) is 11.9 Å². The van der Waals surface area contributed by atoms with Gasteiger partial charge < -0.3 is 5.32 Å². The fourth-order valence-corrected chi connectivity index (χ4v) is 1.79. The van der Waals surface area contributed by atoms with Crippen LogP contribution in [0.2, 0.25) is 0 Å². The van der Waals surface area contributed by atoms with Crippen molar-refractivity contribution in [2.24, 2.45) is 0 Å². The van der Waals surface area contributed by atoms with E-state index in [-0.39, 0.29) is 0 Å². The minimum Gasteiger partial charge on any atom is -0.370 e. The standard InChI is InChI=1S/C14H17N3/c1-4-15-14-8-13(16-9-17-14)12-7-10(2)5-6-11(12)3/h5-9H,4H2,1-3H3,(H,15,16,17). The second-order valence-corrected chi connectivity index (χ2v) is 4.14. The lowest BCUT2D eigenvalue weighted by molar-refractivity contribution is 1.11. The van der Waals surface area contributed by atoms with Crippen LogP contribution in [0.3, 0.4) is 0 Å². The maximum Gasteiger partial charge on any atom is 0.129 e. The molecule has 2 rings (SSSR count). The van der Waals surface area contributed by atoms with Crippen LogP contribution in [0.4, 0.5) is 5.82 Å². The lowest BCUT2D eigenvalue weighted by atomic mass is 10.0. The molecule has 1 aromatic heterocycles. The van der Waals surface area contributed by atoms with Crippen molar-refractivity contribution in [3.05, 3.63) is 41.7 Å². The zero-order valence-corrected chi connectivity index (χ0v) is 10.5. The first-order chi connectivity index (χ1) is 8.20. The first-order valence-corrected chi connectivity index (χ1v) is 5.84. The third-order valence-electron chi connectivity index (χ3n) is 2.69. The summed E-state index contributed by atoms with van der Waals surface area (Å²) in [7, 11) is 0. The Hall–Kier alpha value is -1.90. The zero-order chi connectivity index (χ0) is 12.3. The summed E-state index contributed by atoms with van der Waals surface area (Å²) in [6.07, 6.45) is 1.61. The third-order valence-corrected chi connectivity index (χ3v) is 2.69. The molecule has 0 radical (unpaired) electrons. The molecule has 0 fully saturated rings. The number of hydrogen-bond acceptors (Lipinski definition) is 3. The minimum absolute atomic E-state index is 0.864. The van der Waals surface area contributed by atoms with E-state index in [0.29, 0.717) is 0 Å². The lowest BCUT2D eigenvalue weighted by Crippen LogP contribution is -2.00. The van der Waals surface area contributed by atoms with E-state index in [1.54, 1.807) is 6.33 Å². The number of hydrogen-bond donors (Lipinski definition) is 1.